The predicted octanol–water partition coefficient (Wildman–Crippen LogP) is 2.10. The van der Waals surface area contributed by atoms with Gasteiger partial charge in [0.05, 0.1) is 12.0 Å². The molecule has 1 aromatic carbocycles. The van der Waals surface area contributed by atoms with E-state index in [1.54, 1.807) is 18.3 Å². The number of rotatable bonds is 5. The number of carbonyl (C=O) groups excluding carboxylic acids is 1. The van der Waals surface area contributed by atoms with Crippen molar-refractivity contribution < 1.29 is 14.6 Å². The maximum Gasteiger partial charge on any atom is 0.230 e. The van der Waals surface area contributed by atoms with E-state index in [-0.39, 0.29) is 11.8 Å². The lowest BCUT2D eigenvalue weighted by Crippen LogP contribution is -2.28. The van der Waals surface area contributed by atoms with Crippen molar-refractivity contribution in [2.45, 2.75) is 32.0 Å². The lowest BCUT2D eigenvalue weighted by molar-refractivity contribution is -0.122. The predicted molar refractivity (Wildman–Crippen MR) is 86.0 cm³/mol. The number of aliphatic hydroxyl groups excluding tert-OH is 1. The SMILES string of the molecule is Cn1ccnc1COc1ccc(NC(=O)C2CCCC2O)cc1. The molecule has 6 nitrogen and oxygen atoms in total. The van der Waals surface area contributed by atoms with Gasteiger partial charge >= 0.3 is 0 Å². The zero-order chi connectivity index (χ0) is 16.2. The van der Waals surface area contributed by atoms with E-state index in [9.17, 15) is 9.90 Å². The van der Waals surface area contributed by atoms with Crippen LogP contribution in [0.1, 0.15) is 25.1 Å². The third-order valence-electron chi connectivity index (χ3n) is 4.23. The molecular formula is C17H21N3O3. The maximum absolute atomic E-state index is 12.1. The molecule has 1 saturated carbocycles. The van der Waals surface area contributed by atoms with Crippen molar-refractivity contribution in [3.63, 3.8) is 0 Å². The molecule has 1 aliphatic rings. The van der Waals surface area contributed by atoms with Crippen LogP contribution in [0.25, 0.3) is 0 Å². The van der Waals surface area contributed by atoms with Gasteiger partial charge in [-0.1, -0.05) is 0 Å². The van der Waals surface area contributed by atoms with Gasteiger partial charge in [-0.2, -0.15) is 0 Å². The Kier molecular flexibility index (Phi) is 4.62. The number of imidazole rings is 1. The number of amides is 1. The molecule has 0 aliphatic heterocycles. The van der Waals surface area contributed by atoms with Gasteiger partial charge in [0.1, 0.15) is 18.2 Å². The first kappa shape index (κ1) is 15.6. The standard InChI is InChI=1S/C17H21N3O3/c1-20-10-9-18-16(20)11-23-13-7-5-12(6-8-13)19-17(22)14-3-2-4-15(14)21/h5-10,14-15,21H,2-4,11H2,1H3,(H,19,22). The minimum absolute atomic E-state index is 0.114. The summed E-state index contributed by atoms with van der Waals surface area (Å²) in [4.78, 5) is 16.3. The van der Waals surface area contributed by atoms with Crippen LogP contribution in [0, 0.1) is 5.92 Å². The van der Waals surface area contributed by atoms with Gasteiger partial charge < -0.3 is 19.7 Å². The van der Waals surface area contributed by atoms with Gasteiger partial charge in [0.2, 0.25) is 5.91 Å². The van der Waals surface area contributed by atoms with Crippen molar-refractivity contribution in [3.05, 3.63) is 42.5 Å². The van der Waals surface area contributed by atoms with E-state index < -0.39 is 6.10 Å². The van der Waals surface area contributed by atoms with Crippen molar-refractivity contribution in [1.29, 1.82) is 0 Å². The van der Waals surface area contributed by atoms with Crippen molar-refractivity contribution >= 4 is 11.6 Å². The van der Waals surface area contributed by atoms with Crippen LogP contribution >= 0.6 is 0 Å². The number of aryl methyl sites for hydroxylation is 1. The topological polar surface area (TPSA) is 76.4 Å². The Bertz CT molecular complexity index is 666. The first-order chi connectivity index (χ1) is 11.1. The fourth-order valence-corrected chi connectivity index (χ4v) is 2.80. The fraction of sp³-hybridized carbons (Fsp3) is 0.412. The smallest absolute Gasteiger partial charge is 0.230 e. The van der Waals surface area contributed by atoms with Crippen LogP contribution < -0.4 is 10.1 Å². The van der Waals surface area contributed by atoms with E-state index in [2.05, 4.69) is 10.3 Å². The summed E-state index contributed by atoms with van der Waals surface area (Å²) in [5, 5.41) is 12.6. The monoisotopic (exact) mass is 315 g/mol. The van der Waals surface area contributed by atoms with E-state index in [0.717, 1.165) is 18.7 Å². The summed E-state index contributed by atoms with van der Waals surface area (Å²) in [5.74, 6) is 1.15. The molecule has 6 heteroatoms. The summed E-state index contributed by atoms with van der Waals surface area (Å²) in [6.07, 6.45) is 5.44. The molecule has 2 atom stereocenters. The van der Waals surface area contributed by atoms with Gasteiger partial charge in [-0.05, 0) is 43.5 Å². The van der Waals surface area contributed by atoms with Gasteiger partial charge in [-0.3, -0.25) is 4.79 Å². The molecule has 2 N–H and O–H groups in total. The normalized spacial score (nSPS) is 20.4. The third-order valence-corrected chi connectivity index (χ3v) is 4.23. The molecule has 1 fully saturated rings. The van der Waals surface area contributed by atoms with Crippen LogP contribution in [0.2, 0.25) is 0 Å². The van der Waals surface area contributed by atoms with E-state index in [1.165, 1.54) is 0 Å². The molecule has 0 bridgehead atoms. The van der Waals surface area contributed by atoms with Crippen molar-refractivity contribution in [3.8, 4) is 5.75 Å². The minimum Gasteiger partial charge on any atom is -0.486 e. The quantitative estimate of drug-likeness (QED) is 0.886. The zero-order valence-corrected chi connectivity index (χ0v) is 13.1. The number of hydrogen-bond donors (Lipinski definition) is 2. The van der Waals surface area contributed by atoms with Crippen LogP contribution in [0.4, 0.5) is 5.69 Å². The summed E-state index contributed by atoms with van der Waals surface area (Å²) in [7, 11) is 1.92. The Hall–Kier alpha value is -2.34. The molecule has 1 aliphatic carbocycles. The van der Waals surface area contributed by atoms with Gasteiger partial charge in [0.25, 0.3) is 0 Å². The van der Waals surface area contributed by atoms with Crippen molar-refractivity contribution in [1.82, 2.24) is 9.55 Å². The zero-order valence-electron chi connectivity index (χ0n) is 13.1. The highest BCUT2D eigenvalue weighted by atomic mass is 16.5. The lowest BCUT2D eigenvalue weighted by atomic mass is 10.1. The summed E-state index contributed by atoms with van der Waals surface area (Å²) >= 11 is 0. The van der Waals surface area contributed by atoms with Crippen LogP contribution in [-0.2, 0) is 18.4 Å². The molecular weight excluding hydrogens is 294 g/mol. The number of benzene rings is 1. The molecule has 122 valence electrons. The molecule has 3 rings (SSSR count). The van der Waals surface area contributed by atoms with Crippen LogP contribution in [0.15, 0.2) is 36.7 Å². The minimum atomic E-state index is -0.518. The second-order valence-corrected chi connectivity index (χ2v) is 5.86. The van der Waals surface area contributed by atoms with Gasteiger partial charge in [-0.15, -0.1) is 0 Å². The average Bonchev–Trinajstić information content (AvgIpc) is 3.15. The molecule has 2 aromatic rings. The molecule has 23 heavy (non-hydrogen) atoms. The Balaban J connectivity index is 1.54. The number of aliphatic hydroxyl groups is 1. The molecule has 0 radical (unpaired) electrons. The number of ether oxygens (including phenoxy) is 1. The Morgan fingerprint density at radius 1 is 1.39 bits per heavy atom. The fourth-order valence-electron chi connectivity index (χ4n) is 2.80. The molecule has 1 aromatic heterocycles. The Morgan fingerprint density at radius 2 is 2.17 bits per heavy atom. The highest BCUT2D eigenvalue weighted by Crippen LogP contribution is 2.27. The van der Waals surface area contributed by atoms with Gasteiger partial charge in [-0.25, -0.2) is 4.98 Å². The largest absolute Gasteiger partial charge is 0.486 e. The summed E-state index contributed by atoms with van der Waals surface area (Å²) in [5.41, 5.74) is 0.707. The maximum atomic E-state index is 12.1. The van der Waals surface area contributed by atoms with Crippen molar-refractivity contribution in [2.24, 2.45) is 13.0 Å². The van der Waals surface area contributed by atoms with Gasteiger partial charge in [0.15, 0.2) is 0 Å². The van der Waals surface area contributed by atoms with E-state index >= 15 is 0 Å². The van der Waals surface area contributed by atoms with Crippen LogP contribution in [0.5, 0.6) is 5.75 Å². The number of nitrogens with zero attached hydrogens (tertiary/aromatic N) is 2. The molecule has 2 unspecified atom stereocenters. The van der Waals surface area contributed by atoms with E-state index in [1.807, 2.05) is 29.9 Å². The number of nitrogens with one attached hydrogen (secondary N) is 1. The van der Waals surface area contributed by atoms with Crippen LogP contribution in [0.3, 0.4) is 0 Å². The number of carbonyl (C=O) groups is 1. The average molecular weight is 315 g/mol. The Labute approximate surface area is 135 Å². The van der Waals surface area contributed by atoms with Gasteiger partial charge in [0, 0.05) is 25.1 Å². The molecule has 1 amide bonds. The third kappa shape index (κ3) is 3.71. The molecule has 0 spiro atoms. The summed E-state index contributed by atoms with van der Waals surface area (Å²) < 4.78 is 7.58. The highest BCUT2D eigenvalue weighted by molar-refractivity contribution is 5.93. The number of aromatic nitrogens is 2. The Morgan fingerprint density at radius 3 is 2.78 bits per heavy atom. The number of hydrogen-bond acceptors (Lipinski definition) is 4. The first-order valence-corrected chi connectivity index (χ1v) is 7.81. The second kappa shape index (κ2) is 6.83. The number of anilines is 1. The summed E-state index contributed by atoms with van der Waals surface area (Å²) in [6.45, 7) is 0.392. The molecule has 0 saturated heterocycles. The summed E-state index contributed by atoms with van der Waals surface area (Å²) in [6, 6.07) is 7.22. The second-order valence-electron chi connectivity index (χ2n) is 5.86. The molecule has 1 heterocycles. The van der Waals surface area contributed by atoms with E-state index in [4.69, 9.17) is 4.74 Å². The van der Waals surface area contributed by atoms with Crippen molar-refractivity contribution in [2.75, 3.05) is 5.32 Å². The first-order valence-electron chi connectivity index (χ1n) is 7.81. The highest BCUT2D eigenvalue weighted by Gasteiger charge is 2.31. The van der Waals surface area contributed by atoms with E-state index in [0.29, 0.717) is 24.5 Å². The van der Waals surface area contributed by atoms with Crippen LogP contribution in [-0.4, -0.2) is 26.7 Å². The lowest BCUT2D eigenvalue weighted by Gasteiger charge is -2.14.